The lowest BCUT2D eigenvalue weighted by molar-refractivity contribution is 0.136. The van der Waals surface area contributed by atoms with E-state index in [-0.39, 0.29) is 11.1 Å². The van der Waals surface area contributed by atoms with Crippen molar-refractivity contribution in [3.05, 3.63) is 34.6 Å². The summed E-state index contributed by atoms with van der Waals surface area (Å²) in [6.07, 6.45) is 1.50. The SMILES string of the molecule is CCOCCC(Cc1ccc(F)c(Cl)c1)NN. The van der Waals surface area contributed by atoms with Crippen molar-refractivity contribution in [2.24, 2.45) is 5.84 Å². The van der Waals surface area contributed by atoms with Crippen LogP contribution in [0.5, 0.6) is 0 Å². The van der Waals surface area contributed by atoms with E-state index >= 15 is 0 Å². The van der Waals surface area contributed by atoms with Crippen molar-refractivity contribution in [1.82, 2.24) is 5.43 Å². The third-order valence-corrected chi connectivity index (χ3v) is 2.81. The Morgan fingerprint density at radius 1 is 1.53 bits per heavy atom. The molecule has 0 aliphatic rings. The quantitative estimate of drug-likeness (QED) is 0.449. The Hall–Kier alpha value is -0.680. The molecule has 0 aliphatic carbocycles. The van der Waals surface area contributed by atoms with E-state index in [1.54, 1.807) is 12.1 Å². The number of hydrogen-bond acceptors (Lipinski definition) is 3. The van der Waals surface area contributed by atoms with Crippen molar-refractivity contribution in [3.63, 3.8) is 0 Å². The third kappa shape index (κ3) is 5.00. The Kier molecular flexibility index (Phi) is 6.44. The van der Waals surface area contributed by atoms with Gasteiger partial charge in [-0.15, -0.1) is 0 Å². The summed E-state index contributed by atoms with van der Waals surface area (Å²) in [4.78, 5) is 0. The predicted octanol–water partition coefficient (Wildman–Crippen LogP) is 2.28. The molecule has 5 heteroatoms. The van der Waals surface area contributed by atoms with E-state index in [4.69, 9.17) is 22.2 Å². The maximum atomic E-state index is 13.0. The van der Waals surface area contributed by atoms with E-state index in [9.17, 15) is 4.39 Å². The lowest BCUT2D eigenvalue weighted by atomic mass is 10.0. The monoisotopic (exact) mass is 260 g/mol. The normalized spacial score (nSPS) is 12.7. The molecule has 0 spiro atoms. The maximum absolute atomic E-state index is 13.0. The van der Waals surface area contributed by atoms with E-state index in [1.807, 2.05) is 6.92 Å². The highest BCUT2D eigenvalue weighted by Gasteiger charge is 2.09. The molecule has 17 heavy (non-hydrogen) atoms. The molecule has 3 N–H and O–H groups in total. The number of hydrogen-bond donors (Lipinski definition) is 2. The van der Waals surface area contributed by atoms with Gasteiger partial charge in [-0.25, -0.2) is 4.39 Å². The zero-order chi connectivity index (χ0) is 12.7. The first-order chi connectivity index (χ1) is 8.17. The molecule has 0 bridgehead atoms. The van der Waals surface area contributed by atoms with Crippen LogP contribution in [0.1, 0.15) is 18.9 Å². The molecule has 0 radical (unpaired) electrons. The van der Waals surface area contributed by atoms with Crippen LogP contribution in [0.15, 0.2) is 18.2 Å². The van der Waals surface area contributed by atoms with Gasteiger partial charge in [-0.2, -0.15) is 0 Å². The largest absolute Gasteiger partial charge is 0.382 e. The van der Waals surface area contributed by atoms with Crippen molar-refractivity contribution < 1.29 is 9.13 Å². The van der Waals surface area contributed by atoms with Crippen LogP contribution in [0.3, 0.4) is 0 Å². The van der Waals surface area contributed by atoms with E-state index in [2.05, 4.69) is 5.43 Å². The molecule has 1 atom stereocenters. The molecule has 1 rings (SSSR count). The second-order valence-electron chi connectivity index (χ2n) is 3.80. The molecular weight excluding hydrogens is 243 g/mol. The second kappa shape index (κ2) is 7.61. The van der Waals surface area contributed by atoms with Gasteiger partial charge in [0.2, 0.25) is 0 Å². The maximum Gasteiger partial charge on any atom is 0.141 e. The molecule has 3 nitrogen and oxygen atoms in total. The topological polar surface area (TPSA) is 47.3 Å². The van der Waals surface area contributed by atoms with Crippen LogP contribution in [0.2, 0.25) is 5.02 Å². The van der Waals surface area contributed by atoms with Gasteiger partial charge < -0.3 is 4.74 Å². The van der Waals surface area contributed by atoms with Gasteiger partial charge in [-0.3, -0.25) is 11.3 Å². The molecule has 1 unspecified atom stereocenters. The smallest absolute Gasteiger partial charge is 0.141 e. The highest BCUT2D eigenvalue weighted by Crippen LogP contribution is 2.17. The highest BCUT2D eigenvalue weighted by molar-refractivity contribution is 6.30. The van der Waals surface area contributed by atoms with Crippen LogP contribution in [0.25, 0.3) is 0 Å². The van der Waals surface area contributed by atoms with Gasteiger partial charge in [0.1, 0.15) is 5.82 Å². The Labute approximate surface area is 106 Å². The summed E-state index contributed by atoms with van der Waals surface area (Å²) < 4.78 is 18.2. The molecule has 0 fully saturated rings. The molecule has 0 saturated carbocycles. The minimum absolute atomic E-state index is 0.100. The zero-order valence-corrected chi connectivity index (χ0v) is 10.6. The summed E-state index contributed by atoms with van der Waals surface area (Å²) in [6, 6.07) is 4.81. The van der Waals surface area contributed by atoms with Crippen molar-refractivity contribution in [2.45, 2.75) is 25.8 Å². The number of nitrogens with two attached hydrogens (primary N) is 1. The van der Waals surface area contributed by atoms with Crippen LogP contribution < -0.4 is 11.3 Å². The lowest BCUT2D eigenvalue weighted by Crippen LogP contribution is -2.37. The van der Waals surface area contributed by atoms with Gasteiger partial charge >= 0.3 is 0 Å². The van der Waals surface area contributed by atoms with E-state index in [0.717, 1.165) is 12.0 Å². The van der Waals surface area contributed by atoms with Crippen LogP contribution in [-0.2, 0) is 11.2 Å². The Bertz CT molecular complexity index is 349. The molecule has 0 heterocycles. The van der Waals surface area contributed by atoms with Crippen LogP contribution in [0, 0.1) is 5.82 Å². The average molecular weight is 261 g/mol. The van der Waals surface area contributed by atoms with Gasteiger partial charge in [0.15, 0.2) is 0 Å². The first-order valence-corrected chi connectivity index (χ1v) is 6.03. The lowest BCUT2D eigenvalue weighted by Gasteiger charge is -2.15. The number of rotatable bonds is 7. The van der Waals surface area contributed by atoms with Crippen molar-refractivity contribution in [2.75, 3.05) is 13.2 Å². The number of hydrazine groups is 1. The summed E-state index contributed by atoms with van der Waals surface area (Å²) in [5.74, 6) is 5.06. The van der Waals surface area contributed by atoms with Gasteiger partial charge in [0.05, 0.1) is 5.02 Å². The summed E-state index contributed by atoms with van der Waals surface area (Å²) in [5.41, 5.74) is 3.68. The molecule has 0 amide bonds. The molecule has 1 aromatic carbocycles. The highest BCUT2D eigenvalue weighted by atomic mass is 35.5. The molecule has 1 aromatic rings. The minimum Gasteiger partial charge on any atom is -0.382 e. The van der Waals surface area contributed by atoms with Crippen molar-refractivity contribution >= 4 is 11.6 Å². The zero-order valence-electron chi connectivity index (χ0n) is 9.88. The van der Waals surface area contributed by atoms with E-state index in [0.29, 0.717) is 19.6 Å². The van der Waals surface area contributed by atoms with Crippen LogP contribution >= 0.6 is 11.6 Å². The van der Waals surface area contributed by atoms with Crippen molar-refractivity contribution in [3.8, 4) is 0 Å². The van der Waals surface area contributed by atoms with E-state index < -0.39 is 5.82 Å². The summed E-state index contributed by atoms with van der Waals surface area (Å²) in [6.45, 7) is 3.30. The second-order valence-corrected chi connectivity index (χ2v) is 4.21. The van der Waals surface area contributed by atoms with Gasteiger partial charge in [0.25, 0.3) is 0 Å². The molecule has 96 valence electrons. The molecule has 0 aliphatic heterocycles. The molecular formula is C12H18ClFN2O. The Morgan fingerprint density at radius 2 is 2.29 bits per heavy atom. The fraction of sp³-hybridized carbons (Fsp3) is 0.500. The summed E-state index contributed by atoms with van der Waals surface area (Å²) in [5, 5.41) is 0.142. The van der Waals surface area contributed by atoms with E-state index in [1.165, 1.54) is 6.07 Å². The van der Waals surface area contributed by atoms with Gasteiger partial charge in [-0.1, -0.05) is 17.7 Å². The Balaban J connectivity index is 2.51. The number of ether oxygens (including phenoxy) is 1. The third-order valence-electron chi connectivity index (χ3n) is 2.52. The average Bonchev–Trinajstić information content (AvgIpc) is 2.32. The van der Waals surface area contributed by atoms with Crippen LogP contribution in [0.4, 0.5) is 4.39 Å². The number of nitrogens with one attached hydrogen (secondary N) is 1. The predicted molar refractivity (Wildman–Crippen MR) is 67.3 cm³/mol. The number of benzene rings is 1. The van der Waals surface area contributed by atoms with Crippen molar-refractivity contribution in [1.29, 1.82) is 0 Å². The fourth-order valence-electron chi connectivity index (χ4n) is 1.57. The molecule has 0 saturated heterocycles. The van der Waals surface area contributed by atoms with Gasteiger partial charge in [0, 0.05) is 19.3 Å². The standard InChI is InChI=1S/C12H18ClFN2O/c1-2-17-6-5-10(16-15)7-9-3-4-12(14)11(13)8-9/h3-4,8,10,16H,2,5-7,15H2,1H3. The van der Waals surface area contributed by atoms with Crippen LogP contribution in [-0.4, -0.2) is 19.3 Å². The first kappa shape index (κ1) is 14.4. The first-order valence-electron chi connectivity index (χ1n) is 5.65. The summed E-state index contributed by atoms with van der Waals surface area (Å²) in [7, 11) is 0. The summed E-state index contributed by atoms with van der Waals surface area (Å²) >= 11 is 5.72. The fourth-order valence-corrected chi connectivity index (χ4v) is 1.77. The molecule has 0 aromatic heterocycles. The Morgan fingerprint density at radius 3 is 2.88 bits per heavy atom. The number of halogens is 2. The minimum atomic E-state index is -0.401. The van der Waals surface area contributed by atoms with Gasteiger partial charge in [-0.05, 0) is 37.5 Å².